The average molecular weight is 503 g/mol. The van der Waals surface area contributed by atoms with Gasteiger partial charge in [-0.15, -0.1) is 0 Å². The molecule has 8 nitrogen and oxygen atoms in total. The molecule has 4 N–H and O–H groups in total. The summed E-state index contributed by atoms with van der Waals surface area (Å²) < 4.78 is 14.4. The summed E-state index contributed by atoms with van der Waals surface area (Å²) in [6, 6.07) is 10.1. The van der Waals surface area contributed by atoms with Crippen molar-refractivity contribution in [3.05, 3.63) is 76.6 Å². The lowest BCUT2D eigenvalue weighted by Gasteiger charge is -2.21. The van der Waals surface area contributed by atoms with Crippen LogP contribution in [-0.2, 0) is 11.3 Å². The summed E-state index contributed by atoms with van der Waals surface area (Å²) in [7, 11) is 1.74. The van der Waals surface area contributed by atoms with Crippen LogP contribution in [0.3, 0.4) is 0 Å². The maximum Gasteiger partial charge on any atom is 0.270 e. The molecule has 4 rings (SSSR count). The number of pyridine rings is 1. The Balaban J connectivity index is 1.52. The largest absolute Gasteiger partial charge is 0.402 e. The van der Waals surface area contributed by atoms with E-state index in [4.69, 9.17) is 5.73 Å². The first-order chi connectivity index (χ1) is 17.7. The monoisotopic (exact) mass is 502 g/mol. The molecule has 2 heterocycles. The van der Waals surface area contributed by atoms with E-state index in [1.807, 2.05) is 0 Å². The van der Waals surface area contributed by atoms with Crippen LogP contribution in [0.15, 0.2) is 48.3 Å². The highest BCUT2D eigenvalue weighted by Crippen LogP contribution is 2.51. The van der Waals surface area contributed by atoms with Gasteiger partial charge in [-0.2, -0.15) is 5.26 Å². The van der Waals surface area contributed by atoms with Crippen molar-refractivity contribution in [2.75, 3.05) is 18.5 Å². The van der Waals surface area contributed by atoms with Gasteiger partial charge in [0.2, 0.25) is 5.91 Å². The van der Waals surface area contributed by atoms with E-state index >= 15 is 0 Å². The number of nitrogens with one attached hydrogen (secondary N) is 2. The van der Waals surface area contributed by atoms with E-state index < -0.39 is 17.1 Å². The highest BCUT2D eigenvalue weighted by atomic mass is 19.1. The van der Waals surface area contributed by atoms with Crippen LogP contribution < -0.4 is 21.3 Å². The van der Waals surface area contributed by atoms with Gasteiger partial charge in [0.05, 0.1) is 6.07 Å². The molecule has 1 aromatic heterocycles. The molecule has 2 aromatic rings. The molecule has 0 radical (unpaired) electrons. The lowest BCUT2D eigenvalue weighted by molar-refractivity contribution is -0.123. The van der Waals surface area contributed by atoms with E-state index in [0.717, 1.165) is 12.8 Å². The van der Waals surface area contributed by atoms with E-state index in [1.165, 1.54) is 12.1 Å². The number of hydrogen-bond acceptors (Lipinski definition) is 6. The minimum atomic E-state index is -0.965. The molecule has 9 heteroatoms. The highest BCUT2D eigenvalue weighted by molar-refractivity contribution is 6.03. The fraction of sp³-hybridized carbons (Fsp3) is 0.357. The zero-order valence-corrected chi connectivity index (χ0v) is 21.3. The van der Waals surface area contributed by atoms with Gasteiger partial charge in [0.1, 0.15) is 16.9 Å². The second-order valence-corrected chi connectivity index (χ2v) is 9.72. The Hall–Kier alpha value is -4.19. The Kier molecular flexibility index (Phi) is 7.30. The van der Waals surface area contributed by atoms with Crippen LogP contribution in [0.5, 0.6) is 0 Å². The molecule has 1 aromatic carbocycles. The third-order valence-electron chi connectivity index (χ3n) is 6.74. The van der Waals surface area contributed by atoms with Crippen molar-refractivity contribution >= 4 is 23.1 Å². The topological polar surface area (TPSA) is 124 Å². The number of carbonyl (C=O) groups excluding carboxylic acids is 2. The summed E-state index contributed by atoms with van der Waals surface area (Å²) in [6.07, 6.45) is 5.73. The highest BCUT2D eigenvalue weighted by Gasteiger charge is 2.56. The predicted octanol–water partition coefficient (Wildman–Crippen LogP) is 3.54. The third-order valence-corrected chi connectivity index (χ3v) is 6.74. The molecule has 0 unspecified atom stereocenters. The fourth-order valence-electron chi connectivity index (χ4n) is 4.86. The van der Waals surface area contributed by atoms with Crippen molar-refractivity contribution in [1.29, 1.82) is 5.26 Å². The van der Waals surface area contributed by atoms with Gasteiger partial charge in [0.25, 0.3) is 5.91 Å². The number of rotatable bonds is 8. The first-order valence-electron chi connectivity index (χ1n) is 12.3. The van der Waals surface area contributed by atoms with Crippen molar-refractivity contribution < 1.29 is 14.0 Å². The maximum atomic E-state index is 14.4. The SMILES string of the molecule is CN/C=C(\C=C(\C)N)c1cc(F)cc(CNC(=O)c2cc(N3CC[C@@](C#N)(C4CC4)C3=O)cc(C)n2)c1. The molecule has 192 valence electrons. The Morgan fingerprint density at radius 3 is 2.73 bits per heavy atom. The van der Waals surface area contributed by atoms with Crippen molar-refractivity contribution in [2.24, 2.45) is 17.1 Å². The molecule has 1 aliphatic carbocycles. The van der Waals surface area contributed by atoms with Crippen molar-refractivity contribution in [3.63, 3.8) is 0 Å². The van der Waals surface area contributed by atoms with E-state index in [1.54, 1.807) is 56.3 Å². The van der Waals surface area contributed by atoms with E-state index in [9.17, 15) is 19.2 Å². The summed E-state index contributed by atoms with van der Waals surface area (Å²) >= 11 is 0. The minimum absolute atomic E-state index is 0.0779. The van der Waals surface area contributed by atoms with Gasteiger partial charge in [-0.25, -0.2) is 9.37 Å². The molecule has 37 heavy (non-hydrogen) atoms. The summed E-state index contributed by atoms with van der Waals surface area (Å²) in [5, 5.41) is 15.5. The lowest BCUT2D eigenvalue weighted by atomic mass is 9.83. The quantitative estimate of drug-likeness (QED) is 0.475. The number of hydrogen-bond donors (Lipinski definition) is 3. The van der Waals surface area contributed by atoms with Crippen LogP contribution >= 0.6 is 0 Å². The van der Waals surface area contributed by atoms with Gasteiger partial charge in [0, 0.05) is 43.4 Å². The number of allylic oxidation sites excluding steroid dienone is 3. The summed E-state index contributed by atoms with van der Waals surface area (Å²) in [5.74, 6) is -0.967. The van der Waals surface area contributed by atoms with Crippen LogP contribution in [0.4, 0.5) is 10.1 Å². The Morgan fingerprint density at radius 1 is 1.32 bits per heavy atom. The summed E-state index contributed by atoms with van der Waals surface area (Å²) in [5.41, 5.74) is 8.59. The van der Waals surface area contributed by atoms with Crippen molar-refractivity contribution in [1.82, 2.24) is 15.6 Å². The number of amides is 2. The smallest absolute Gasteiger partial charge is 0.270 e. The summed E-state index contributed by atoms with van der Waals surface area (Å²) in [4.78, 5) is 32.1. The molecule has 1 saturated carbocycles. The number of carbonyl (C=O) groups is 2. The van der Waals surface area contributed by atoms with Crippen molar-refractivity contribution in [3.8, 4) is 6.07 Å². The molecule has 0 bridgehead atoms. The Morgan fingerprint density at radius 2 is 2.08 bits per heavy atom. The van der Waals surface area contributed by atoms with Crippen LogP contribution in [0.25, 0.3) is 5.57 Å². The number of aromatic nitrogens is 1. The number of halogens is 1. The van der Waals surface area contributed by atoms with Gasteiger partial charge in [-0.3, -0.25) is 9.59 Å². The first kappa shape index (κ1) is 25.9. The molecular weight excluding hydrogens is 471 g/mol. The average Bonchev–Trinajstić information content (AvgIpc) is 3.65. The standard InChI is InChI=1S/C28H31FN6O2/c1-17(31)8-21(15-32-3)20-10-19(11-23(29)12-20)14-33-26(36)25-13-24(9-18(2)34-25)35-7-6-28(16-30,27(35)37)22-4-5-22/h8-13,15,22,32H,4-7,14,31H2,1-3H3,(H,33,36)/b17-8-,21-15+/t28-/m1/s1. The summed E-state index contributed by atoms with van der Waals surface area (Å²) in [6.45, 7) is 4.00. The molecule has 2 aliphatic rings. The van der Waals surface area contributed by atoms with Gasteiger partial charge in [-0.1, -0.05) is 0 Å². The Labute approximate surface area is 216 Å². The normalized spacial score (nSPS) is 20.1. The predicted molar refractivity (Wildman–Crippen MR) is 139 cm³/mol. The fourth-order valence-corrected chi connectivity index (χ4v) is 4.86. The molecule has 2 amide bonds. The van der Waals surface area contributed by atoms with Crippen LogP contribution in [0.1, 0.15) is 53.5 Å². The van der Waals surface area contributed by atoms with E-state index in [2.05, 4.69) is 21.7 Å². The number of nitrogens with zero attached hydrogens (tertiary/aromatic N) is 3. The number of anilines is 1. The third kappa shape index (κ3) is 5.48. The molecule has 1 saturated heterocycles. The molecule has 2 fully saturated rings. The second-order valence-electron chi connectivity index (χ2n) is 9.72. The zero-order chi connectivity index (χ0) is 26.7. The van der Waals surface area contributed by atoms with Crippen molar-refractivity contribution in [2.45, 2.75) is 39.7 Å². The number of aryl methyl sites for hydroxylation is 1. The molecule has 0 spiro atoms. The number of nitriles is 1. The van der Waals surface area contributed by atoms with Gasteiger partial charge in [-0.05, 0) is 92.1 Å². The van der Waals surface area contributed by atoms with Crippen LogP contribution in [-0.4, -0.2) is 30.4 Å². The van der Waals surface area contributed by atoms with E-state index in [0.29, 0.717) is 46.7 Å². The first-order valence-corrected chi connectivity index (χ1v) is 12.3. The number of nitrogens with two attached hydrogens (primary N) is 1. The van der Waals surface area contributed by atoms with Gasteiger partial charge in [0.15, 0.2) is 0 Å². The Bertz CT molecular complexity index is 1340. The van der Waals surface area contributed by atoms with Gasteiger partial charge >= 0.3 is 0 Å². The lowest BCUT2D eigenvalue weighted by Crippen LogP contribution is -2.35. The minimum Gasteiger partial charge on any atom is -0.402 e. The van der Waals surface area contributed by atoms with Gasteiger partial charge < -0.3 is 21.3 Å². The second kappa shape index (κ2) is 10.4. The van der Waals surface area contributed by atoms with Crippen LogP contribution in [0, 0.1) is 35.4 Å². The van der Waals surface area contributed by atoms with Crippen LogP contribution in [0.2, 0.25) is 0 Å². The zero-order valence-electron chi connectivity index (χ0n) is 21.3. The van der Waals surface area contributed by atoms with E-state index in [-0.39, 0.29) is 24.1 Å². The molecule has 1 aliphatic heterocycles. The molecule has 1 atom stereocenters. The molecular formula is C28H31FN6O2. The maximum absolute atomic E-state index is 14.4. The number of benzene rings is 1.